The number of hydrogen-bond donors (Lipinski definition) is 5. The number of phenolic OH excluding ortho intramolecular Hbond substituents is 1. The number of anilines is 1. The summed E-state index contributed by atoms with van der Waals surface area (Å²) in [6, 6.07) is 0.650. The zero-order valence-corrected chi connectivity index (χ0v) is 24.2. The number of methoxy groups -OCH3 is 1. The minimum Gasteiger partial charge on any atom is -0.507 e. The van der Waals surface area contributed by atoms with E-state index < -0.39 is 76.5 Å². The molecule has 0 saturated heterocycles. The number of amides is 2. The number of nitrogens with zero attached hydrogens (tertiary/aromatic N) is 2. The van der Waals surface area contributed by atoms with Gasteiger partial charge in [-0.1, -0.05) is 0 Å². The molecule has 0 aromatic heterocycles. The second-order valence-corrected chi connectivity index (χ2v) is 11.6. The Balaban J connectivity index is 1.76. The number of ether oxygens (including phenoxy) is 2. The number of aromatic hydroxyl groups is 1. The first-order valence-corrected chi connectivity index (χ1v) is 13.6. The number of aliphatic hydroxyl groups excluding tert-OH is 1. The van der Waals surface area contributed by atoms with Gasteiger partial charge in [-0.15, -0.1) is 0 Å². The molecule has 2 fully saturated rings. The van der Waals surface area contributed by atoms with Crippen molar-refractivity contribution in [3.8, 4) is 5.75 Å². The van der Waals surface area contributed by atoms with Crippen LogP contribution >= 0.6 is 0 Å². The van der Waals surface area contributed by atoms with E-state index in [0.29, 0.717) is 11.3 Å². The second-order valence-electron chi connectivity index (χ2n) is 11.6. The topological polar surface area (TPSA) is 209 Å². The lowest BCUT2D eigenvalue weighted by atomic mass is 9.52. The van der Waals surface area contributed by atoms with E-state index in [1.165, 1.54) is 12.0 Å². The van der Waals surface area contributed by atoms with Gasteiger partial charge in [-0.3, -0.25) is 19.2 Å². The third-order valence-electron chi connectivity index (χ3n) is 8.77. The highest BCUT2D eigenvalue weighted by Gasteiger charge is 2.69. The molecule has 0 bridgehead atoms. The van der Waals surface area contributed by atoms with Crippen LogP contribution in [0, 0.1) is 23.7 Å². The number of aliphatic hydroxyl groups is 2. The normalized spacial score (nSPS) is 30.3. The minimum absolute atomic E-state index is 0.00998. The summed E-state index contributed by atoms with van der Waals surface area (Å²) in [5.74, 6) is -9.82. The lowest BCUT2D eigenvalue weighted by molar-refractivity contribution is -0.190. The average molecular weight is 591 g/mol. The van der Waals surface area contributed by atoms with Crippen molar-refractivity contribution in [2.24, 2.45) is 29.4 Å². The van der Waals surface area contributed by atoms with E-state index in [0.717, 1.165) is 0 Å². The molecule has 2 saturated carbocycles. The average Bonchev–Trinajstić information content (AvgIpc) is 2.89. The molecular formula is C28H38N4O10. The van der Waals surface area contributed by atoms with Crippen LogP contribution in [-0.2, 0) is 36.8 Å². The predicted molar refractivity (Wildman–Crippen MR) is 147 cm³/mol. The molecule has 1 aromatic rings. The third kappa shape index (κ3) is 4.91. The summed E-state index contributed by atoms with van der Waals surface area (Å²) in [5, 5.41) is 36.5. The van der Waals surface area contributed by atoms with Gasteiger partial charge in [0.25, 0.3) is 0 Å². The number of carbonyl (C=O) groups excluding carboxylic acids is 5. The van der Waals surface area contributed by atoms with Gasteiger partial charge in [-0.05, 0) is 44.5 Å². The van der Waals surface area contributed by atoms with Crippen molar-refractivity contribution in [1.82, 2.24) is 10.2 Å². The van der Waals surface area contributed by atoms with Crippen LogP contribution in [0.15, 0.2) is 6.07 Å². The van der Waals surface area contributed by atoms with E-state index in [2.05, 4.69) is 5.32 Å². The third-order valence-corrected chi connectivity index (χ3v) is 8.77. The van der Waals surface area contributed by atoms with Crippen molar-refractivity contribution in [2.75, 3.05) is 53.4 Å². The van der Waals surface area contributed by atoms with E-state index in [9.17, 15) is 39.3 Å². The number of alkyl carbamates (subject to hydrolysis) is 1. The van der Waals surface area contributed by atoms with E-state index in [1.807, 2.05) is 0 Å². The number of primary amides is 1. The van der Waals surface area contributed by atoms with Crippen LogP contribution in [0.3, 0.4) is 0 Å². The summed E-state index contributed by atoms with van der Waals surface area (Å²) in [5.41, 5.74) is 3.77. The molecule has 6 N–H and O–H groups in total. The van der Waals surface area contributed by atoms with Gasteiger partial charge in [0.15, 0.2) is 23.0 Å². The Hall–Kier alpha value is -3.59. The second kappa shape index (κ2) is 11.6. The Morgan fingerprint density at radius 3 is 2.38 bits per heavy atom. The van der Waals surface area contributed by atoms with Gasteiger partial charge in [0.1, 0.15) is 18.3 Å². The molecule has 3 aliphatic rings. The molecular weight excluding hydrogens is 552 g/mol. The molecule has 3 aliphatic carbocycles. The fourth-order valence-electron chi connectivity index (χ4n) is 6.89. The molecule has 3 unspecified atom stereocenters. The lowest BCUT2D eigenvalue weighted by Gasteiger charge is -2.55. The Kier molecular flexibility index (Phi) is 8.65. The van der Waals surface area contributed by atoms with Crippen LogP contribution in [0.1, 0.15) is 27.9 Å². The summed E-state index contributed by atoms with van der Waals surface area (Å²) in [4.78, 5) is 69.1. The van der Waals surface area contributed by atoms with Crippen LogP contribution in [0.25, 0.3) is 0 Å². The van der Waals surface area contributed by atoms with Crippen molar-refractivity contribution in [1.29, 1.82) is 0 Å². The molecule has 7 atom stereocenters. The maximum absolute atomic E-state index is 14.0. The van der Waals surface area contributed by atoms with Crippen molar-refractivity contribution in [2.45, 2.75) is 37.1 Å². The highest BCUT2D eigenvalue weighted by molar-refractivity contribution is 6.25. The first-order valence-electron chi connectivity index (χ1n) is 13.6. The highest BCUT2D eigenvalue weighted by atomic mass is 16.6. The number of fused-ring (bicyclic) bond motifs is 3. The molecule has 0 aliphatic heterocycles. The standard InChI is InChI=1S/C28H38N4O10/c1-31(2)16-10-13(11-30-27(39)42-7-6-41-5)21(33)18-14(16)8-12-9-15-20(32(3)4)23(35)19(26(29)38)25(37)28(15,40)24(36)17(12)22(18)34/h10,12,15,17,19-20,23,33,35,40H,6-9,11H2,1-5H3,(H2,29,38)(H,30,39)/t12-,15-,17?,19?,20-,23?,28-/m1/s1. The number of phenols is 1. The summed E-state index contributed by atoms with van der Waals surface area (Å²) >= 11 is 0. The highest BCUT2D eigenvalue weighted by Crippen LogP contribution is 2.52. The Morgan fingerprint density at radius 1 is 1.14 bits per heavy atom. The largest absolute Gasteiger partial charge is 0.507 e. The Bertz CT molecular complexity index is 1310. The van der Waals surface area contributed by atoms with Crippen LogP contribution in [0.2, 0.25) is 0 Å². The van der Waals surface area contributed by atoms with Gasteiger partial charge in [-0.2, -0.15) is 0 Å². The van der Waals surface area contributed by atoms with Crippen molar-refractivity contribution in [3.05, 3.63) is 22.8 Å². The first-order chi connectivity index (χ1) is 19.7. The summed E-state index contributed by atoms with van der Waals surface area (Å²) in [6.07, 6.45) is -2.17. The zero-order chi connectivity index (χ0) is 31.3. The Morgan fingerprint density at radius 2 is 1.81 bits per heavy atom. The summed E-state index contributed by atoms with van der Waals surface area (Å²) in [6.45, 7) is 0.00185. The molecule has 0 radical (unpaired) electrons. The maximum atomic E-state index is 14.0. The van der Waals surface area contributed by atoms with E-state index in [-0.39, 0.29) is 43.7 Å². The molecule has 14 nitrogen and oxygen atoms in total. The van der Waals surface area contributed by atoms with Gasteiger partial charge in [0, 0.05) is 51.0 Å². The number of nitrogens with two attached hydrogens (primary N) is 1. The fraction of sp³-hybridized carbons (Fsp3) is 0.607. The molecule has 230 valence electrons. The summed E-state index contributed by atoms with van der Waals surface area (Å²) in [7, 11) is 8.12. The van der Waals surface area contributed by atoms with Crippen LogP contribution in [0.4, 0.5) is 10.5 Å². The van der Waals surface area contributed by atoms with E-state index in [1.54, 1.807) is 39.2 Å². The van der Waals surface area contributed by atoms with Gasteiger partial charge in [0.2, 0.25) is 5.91 Å². The van der Waals surface area contributed by atoms with Crippen LogP contribution in [0.5, 0.6) is 5.75 Å². The summed E-state index contributed by atoms with van der Waals surface area (Å²) < 4.78 is 9.81. The number of nitrogens with one attached hydrogen (secondary N) is 1. The number of likely N-dealkylation sites (N-methyl/N-ethyl adjacent to an activating group) is 1. The smallest absolute Gasteiger partial charge is 0.407 e. The number of ketones is 3. The molecule has 4 rings (SSSR count). The minimum atomic E-state index is -2.74. The SMILES string of the molecule is COCCOC(=O)NCc1cc(N(C)C)c2c(c1O)C(=O)C1C(=O)[C@@]3(O)C(=O)C(C(N)=O)C(O)[C@H](N(C)C)[C@H]3C[C@H]1C2. The monoisotopic (exact) mass is 590 g/mol. The van der Waals surface area contributed by atoms with Gasteiger partial charge in [-0.25, -0.2) is 4.79 Å². The van der Waals surface area contributed by atoms with Crippen LogP contribution < -0.4 is 16.0 Å². The number of benzene rings is 1. The lowest BCUT2D eigenvalue weighted by Crippen LogP contribution is -2.75. The van der Waals surface area contributed by atoms with E-state index in [4.69, 9.17) is 15.2 Å². The zero-order valence-electron chi connectivity index (χ0n) is 24.2. The van der Waals surface area contributed by atoms with E-state index >= 15 is 0 Å². The number of carbonyl (C=O) groups is 5. The fourth-order valence-corrected chi connectivity index (χ4v) is 6.89. The maximum Gasteiger partial charge on any atom is 0.407 e. The van der Waals surface area contributed by atoms with Crippen molar-refractivity contribution in [3.63, 3.8) is 0 Å². The molecule has 2 amide bonds. The van der Waals surface area contributed by atoms with Gasteiger partial charge >= 0.3 is 6.09 Å². The van der Waals surface area contributed by atoms with Crippen molar-refractivity contribution < 1.29 is 48.8 Å². The first kappa shape index (κ1) is 31.3. The Labute approximate surface area is 242 Å². The molecule has 14 heteroatoms. The van der Waals surface area contributed by atoms with Gasteiger partial charge in [0.05, 0.1) is 24.2 Å². The molecule has 0 heterocycles. The molecule has 1 aromatic carbocycles. The number of rotatable bonds is 8. The number of Topliss-reactive ketones (excluding diaryl/α,β-unsaturated/α-hetero) is 3. The predicted octanol–water partition coefficient (Wildman–Crippen LogP) is -1.40. The van der Waals surface area contributed by atoms with Crippen LogP contribution in [-0.4, -0.2) is 116 Å². The van der Waals surface area contributed by atoms with Gasteiger partial charge < -0.3 is 45.6 Å². The number of hydrogen-bond acceptors (Lipinski definition) is 12. The molecule has 42 heavy (non-hydrogen) atoms. The van der Waals surface area contributed by atoms with Crippen molar-refractivity contribution >= 4 is 35.0 Å². The molecule has 0 spiro atoms. The quantitative estimate of drug-likeness (QED) is 0.175.